The second kappa shape index (κ2) is 9.24. The van der Waals surface area contributed by atoms with Crippen LogP contribution >= 0.6 is 0 Å². The van der Waals surface area contributed by atoms with Gasteiger partial charge < -0.3 is 0 Å². The summed E-state index contributed by atoms with van der Waals surface area (Å²) < 4.78 is 96.1. The maximum Gasteiger partial charge on any atom is 0.417 e. The molecule has 0 aliphatic heterocycles. The molecule has 0 spiro atoms. The number of nitrogens with zero attached hydrogens (tertiary/aromatic N) is 6. The summed E-state index contributed by atoms with van der Waals surface area (Å²) in [5.41, 5.74) is -11.0. The second-order valence-electron chi connectivity index (χ2n) is 6.40. The highest BCUT2D eigenvalue weighted by molar-refractivity contribution is 5.80. The monoisotopic (exact) mass is 484 g/mol. The van der Waals surface area contributed by atoms with Crippen LogP contribution in [0.2, 0.25) is 0 Å². The van der Waals surface area contributed by atoms with E-state index < -0.39 is 73.1 Å². The quantitative estimate of drug-likeness (QED) is 0.568. The zero-order valence-corrected chi connectivity index (χ0v) is 16.6. The van der Waals surface area contributed by atoms with Crippen LogP contribution in [-0.4, -0.2) is 0 Å². The van der Waals surface area contributed by atoms with Crippen molar-refractivity contribution in [2.24, 2.45) is 0 Å². The molecule has 13 heteroatoms. The minimum absolute atomic E-state index is 0.00894. The SMILES string of the molecule is N#CC(C#N)=c1cc(C#N)/c(=C(/C#N)c2cc(C(F)(F)F)c(C#N)c(C(F)(F)F)c2)c(F)c1C#N. The van der Waals surface area contributed by atoms with Gasteiger partial charge >= 0.3 is 12.4 Å². The Bertz CT molecular complexity index is 1590. The van der Waals surface area contributed by atoms with Gasteiger partial charge in [0.25, 0.3) is 0 Å². The fraction of sp³-hybridized carbons (Fsp3) is 0.0909. The van der Waals surface area contributed by atoms with Gasteiger partial charge in [-0.3, -0.25) is 0 Å². The Labute approximate surface area is 190 Å². The van der Waals surface area contributed by atoms with Gasteiger partial charge in [0, 0.05) is 10.4 Å². The number of hydrogen-bond donors (Lipinski definition) is 0. The first-order chi connectivity index (χ1) is 16.3. The van der Waals surface area contributed by atoms with Gasteiger partial charge in [-0.05, 0) is 23.8 Å². The molecule has 0 fully saturated rings. The van der Waals surface area contributed by atoms with Gasteiger partial charge in [-0.1, -0.05) is 0 Å². The summed E-state index contributed by atoms with van der Waals surface area (Å²) in [5.74, 6) is -1.73. The molecule has 0 bridgehead atoms. The van der Waals surface area contributed by atoms with Crippen molar-refractivity contribution < 1.29 is 30.7 Å². The zero-order chi connectivity index (χ0) is 26.7. The van der Waals surface area contributed by atoms with Gasteiger partial charge in [0.05, 0.1) is 39.5 Å². The lowest BCUT2D eigenvalue weighted by atomic mass is 9.91. The van der Waals surface area contributed by atoms with Crippen LogP contribution in [0, 0.1) is 73.8 Å². The third-order valence-corrected chi connectivity index (χ3v) is 4.50. The van der Waals surface area contributed by atoms with E-state index in [1.807, 2.05) is 0 Å². The second-order valence-corrected chi connectivity index (χ2v) is 6.40. The third-order valence-electron chi connectivity index (χ3n) is 4.50. The molecular weight excluding hydrogens is 481 g/mol. The summed E-state index contributed by atoms with van der Waals surface area (Å²) in [7, 11) is 0. The molecule has 0 saturated heterocycles. The van der Waals surface area contributed by atoms with Crippen LogP contribution in [0.25, 0.3) is 11.1 Å². The standard InChI is InChI=1S/C22H3F7N6/c23-20-15(8-34)13(12(5-31)6-32)1-11(4-30)19(20)14(7-33)10-2-17(21(24,25)26)16(9-35)18(3-10)22(27,28)29/h1-3H/b19-14+. The Morgan fingerprint density at radius 2 is 1.14 bits per heavy atom. The maximum atomic E-state index is 15.3. The molecule has 0 aliphatic carbocycles. The minimum Gasteiger partial charge on any atom is -0.205 e. The van der Waals surface area contributed by atoms with Gasteiger partial charge in [0.15, 0.2) is 5.82 Å². The van der Waals surface area contributed by atoms with Gasteiger partial charge in [0.1, 0.15) is 35.9 Å². The first-order valence-electron chi connectivity index (χ1n) is 8.65. The Kier molecular flexibility index (Phi) is 6.84. The summed E-state index contributed by atoms with van der Waals surface area (Å²) in [6.45, 7) is 0. The number of nitriles is 6. The Morgan fingerprint density at radius 3 is 1.49 bits per heavy atom. The lowest BCUT2D eigenvalue weighted by molar-refractivity contribution is -0.143. The van der Waals surface area contributed by atoms with Crippen molar-refractivity contribution in [3.05, 3.63) is 67.8 Å². The molecule has 0 aliphatic rings. The van der Waals surface area contributed by atoms with Crippen LogP contribution in [-0.2, 0) is 12.4 Å². The van der Waals surface area contributed by atoms with E-state index in [1.165, 1.54) is 30.3 Å². The molecule has 0 amide bonds. The molecule has 170 valence electrons. The molecule has 2 aromatic rings. The highest BCUT2D eigenvalue weighted by Gasteiger charge is 2.42. The summed E-state index contributed by atoms with van der Waals surface area (Å²) in [6.07, 6.45) is -11.0. The van der Waals surface area contributed by atoms with E-state index in [-0.39, 0.29) is 12.1 Å². The van der Waals surface area contributed by atoms with Crippen molar-refractivity contribution >= 4 is 11.1 Å². The Morgan fingerprint density at radius 1 is 0.657 bits per heavy atom. The summed E-state index contributed by atoms with van der Waals surface area (Å²) in [4.78, 5) is 0. The molecule has 0 aromatic heterocycles. The number of rotatable bonds is 1. The Hall–Kier alpha value is -5.37. The highest BCUT2D eigenvalue weighted by atomic mass is 19.4. The van der Waals surface area contributed by atoms with Crippen molar-refractivity contribution in [1.82, 2.24) is 0 Å². The fourth-order valence-electron chi connectivity index (χ4n) is 3.05. The number of hydrogen-bond acceptors (Lipinski definition) is 6. The normalized spacial score (nSPS) is 11.6. The largest absolute Gasteiger partial charge is 0.417 e. The van der Waals surface area contributed by atoms with E-state index in [0.29, 0.717) is 6.07 Å². The van der Waals surface area contributed by atoms with E-state index in [2.05, 4.69) is 0 Å². The van der Waals surface area contributed by atoms with Crippen LogP contribution in [0.5, 0.6) is 0 Å². The molecule has 0 radical (unpaired) electrons. The maximum absolute atomic E-state index is 15.3. The first-order valence-corrected chi connectivity index (χ1v) is 8.65. The molecule has 2 aromatic carbocycles. The zero-order valence-electron chi connectivity index (χ0n) is 16.6. The summed E-state index contributed by atoms with van der Waals surface area (Å²) in [6, 6.07) is 8.08. The molecule has 0 saturated carbocycles. The third kappa shape index (κ3) is 4.57. The van der Waals surface area contributed by atoms with Crippen LogP contribution in [0.4, 0.5) is 30.7 Å². The molecule has 35 heavy (non-hydrogen) atoms. The molecule has 2 rings (SSSR count). The average Bonchev–Trinajstić information content (AvgIpc) is 2.79. The summed E-state index contributed by atoms with van der Waals surface area (Å²) in [5, 5.41) is 53.4. The molecule has 0 N–H and O–H groups in total. The van der Waals surface area contributed by atoms with Crippen LogP contribution < -0.4 is 10.4 Å². The number of benzene rings is 2. The highest BCUT2D eigenvalue weighted by Crippen LogP contribution is 2.40. The predicted octanol–water partition coefficient (Wildman–Crippen LogP) is 3.40. The number of alkyl halides is 6. The van der Waals surface area contributed by atoms with Gasteiger partial charge in [0.2, 0.25) is 0 Å². The minimum atomic E-state index is -5.50. The van der Waals surface area contributed by atoms with Crippen molar-refractivity contribution in [3.63, 3.8) is 0 Å². The lowest BCUT2D eigenvalue weighted by Crippen LogP contribution is -2.26. The van der Waals surface area contributed by atoms with Crippen LogP contribution in [0.1, 0.15) is 33.4 Å². The van der Waals surface area contributed by atoms with Crippen molar-refractivity contribution in [2.45, 2.75) is 12.4 Å². The first kappa shape index (κ1) is 25.9. The van der Waals surface area contributed by atoms with Crippen molar-refractivity contribution in [2.75, 3.05) is 0 Å². The van der Waals surface area contributed by atoms with Crippen molar-refractivity contribution in [3.8, 4) is 36.4 Å². The fourth-order valence-corrected chi connectivity index (χ4v) is 3.05. The molecule has 0 atom stereocenters. The molecule has 0 heterocycles. The van der Waals surface area contributed by atoms with E-state index >= 15 is 4.39 Å². The van der Waals surface area contributed by atoms with Crippen LogP contribution in [0.15, 0.2) is 18.2 Å². The molecule has 6 nitrogen and oxygen atoms in total. The van der Waals surface area contributed by atoms with Crippen LogP contribution in [0.3, 0.4) is 0 Å². The smallest absolute Gasteiger partial charge is 0.205 e. The van der Waals surface area contributed by atoms with E-state index in [1.54, 1.807) is 0 Å². The lowest BCUT2D eigenvalue weighted by Gasteiger charge is -2.17. The van der Waals surface area contributed by atoms with Crippen molar-refractivity contribution in [1.29, 1.82) is 31.6 Å². The predicted molar refractivity (Wildman–Crippen MR) is 99.0 cm³/mol. The van der Waals surface area contributed by atoms with E-state index in [9.17, 15) is 42.1 Å². The van der Waals surface area contributed by atoms with Gasteiger partial charge in [-0.25, -0.2) is 4.39 Å². The van der Waals surface area contributed by atoms with Gasteiger partial charge in [-0.15, -0.1) is 0 Å². The Balaban J connectivity index is 3.34. The molecule has 0 unspecified atom stereocenters. The van der Waals surface area contributed by atoms with E-state index in [0.717, 1.165) is 6.07 Å². The molecular formula is C22H3F7N6. The topological polar surface area (TPSA) is 143 Å². The summed E-state index contributed by atoms with van der Waals surface area (Å²) >= 11 is 0. The number of halogens is 7. The van der Waals surface area contributed by atoms with Gasteiger partial charge in [-0.2, -0.15) is 57.9 Å². The van der Waals surface area contributed by atoms with E-state index in [4.69, 9.17) is 15.8 Å². The average molecular weight is 484 g/mol.